The van der Waals surface area contributed by atoms with Crippen LogP contribution in [-0.4, -0.2) is 48.5 Å². The van der Waals surface area contributed by atoms with E-state index in [4.69, 9.17) is 16.3 Å². The van der Waals surface area contributed by atoms with Crippen molar-refractivity contribution in [2.75, 3.05) is 32.8 Å². The van der Waals surface area contributed by atoms with Gasteiger partial charge in [-0.3, -0.25) is 19.8 Å². The number of nitrogens with one attached hydrogen (secondary N) is 1. The third kappa shape index (κ3) is 5.28. The number of nitro benzene ring substituents is 1. The summed E-state index contributed by atoms with van der Waals surface area (Å²) in [7, 11) is 0. The first kappa shape index (κ1) is 20.3. The molecule has 1 amide bonds. The zero-order chi connectivity index (χ0) is 19.9. The molecule has 1 aliphatic rings. The molecule has 0 spiro atoms. The molecule has 0 radical (unpaired) electrons. The summed E-state index contributed by atoms with van der Waals surface area (Å²) in [6.07, 6.45) is 0.862. The van der Waals surface area contributed by atoms with Gasteiger partial charge in [-0.05, 0) is 18.1 Å². The number of nitrogens with zero attached hydrogens (tertiary/aromatic N) is 2. The van der Waals surface area contributed by atoms with Gasteiger partial charge in [-0.2, -0.15) is 0 Å². The molecule has 0 aromatic heterocycles. The molecule has 148 valence electrons. The number of amides is 1. The number of morpholine rings is 1. The van der Waals surface area contributed by atoms with E-state index in [0.29, 0.717) is 13.2 Å². The number of non-ortho nitro benzene ring substituents is 1. The summed E-state index contributed by atoms with van der Waals surface area (Å²) < 4.78 is 5.86. The fraction of sp³-hybridized carbons (Fsp3) is 0.350. The van der Waals surface area contributed by atoms with Crippen LogP contribution >= 0.6 is 11.6 Å². The van der Waals surface area contributed by atoms with Crippen LogP contribution in [0.25, 0.3) is 0 Å². The monoisotopic (exact) mass is 403 g/mol. The van der Waals surface area contributed by atoms with Crippen LogP contribution in [0.2, 0.25) is 5.02 Å². The minimum Gasteiger partial charge on any atom is -0.371 e. The second kappa shape index (κ2) is 9.64. The lowest BCUT2D eigenvalue weighted by Gasteiger charge is -2.33. The molecule has 7 nitrogen and oxygen atoms in total. The minimum absolute atomic E-state index is 0.0726. The molecular formula is C20H22ClN3O4. The molecule has 0 aliphatic carbocycles. The van der Waals surface area contributed by atoms with Gasteiger partial charge in [0.25, 0.3) is 11.6 Å². The van der Waals surface area contributed by atoms with Crippen LogP contribution < -0.4 is 5.32 Å². The number of ether oxygens (including phenoxy) is 1. The first-order chi connectivity index (χ1) is 13.5. The van der Waals surface area contributed by atoms with E-state index < -0.39 is 4.92 Å². The number of rotatable bonds is 7. The highest BCUT2D eigenvalue weighted by molar-refractivity contribution is 6.34. The van der Waals surface area contributed by atoms with Crippen molar-refractivity contribution < 1.29 is 14.5 Å². The lowest BCUT2D eigenvalue weighted by Crippen LogP contribution is -2.39. The Morgan fingerprint density at radius 2 is 2.07 bits per heavy atom. The summed E-state index contributed by atoms with van der Waals surface area (Å²) in [4.78, 5) is 24.8. The molecule has 1 saturated heterocycles. The van der Waals surface area contributed by atoms with Gasteiger partial charge in [0.1, 0.15) is 0 Å². The van der Waals surface area contributed by atoms with E-state index in [0.717, 1.165) is 26.1 Å². The number of nitro groups is 1. The van der Waals surface area contributed by atoms with E-state index in [1.165, 1.54) is 23.8 Å². The van der Waals surface area contributed by atoms with Gasteiger partial charge in [0, 0.05) is 38.3 Å². The summed E-state index contributed by atoms with van der Waals surface area (Å²) in [6, 6.07) is 14.0. The highest BCUT2D eigenvalue weighted by atomic mass is 35.5. The molecule has 0 bridgehead atoms. The van der Waals surface area contributed by atoms with Crippen molar-refractivity contribution in [1.82, 2.24) is 10.2 Å². The molecule has 2 aromatic rings. The fourth-order valence-corrected chi connectivity index (χ4v) is 3.44. The first-order valence-corrected chi connectivity index (χ1v) is 9.53. The number of carbonyl (C=O) groups excluding carboxylic acids is 1. The SMILES string of the molecule is O=C(NCCCN1CCOC(c2ccccc2)C1)c1ccc([N+](=O)[O-])cc1Cl. The highest BCUT2D eigenvalue weighted by Crippen LogP contribution is 2.23. The van der Waals surface area contributed by atoms with E-state index >= 15 is 0 Å². The number of halogens is 1. The standard InChI is InChI=1S/C20H22ClN3O4/c21-18-13-16(24(26)27)7-8-17(18)20(25)22-9-4-10-23-11-12-28-19(14-23)15-5-2-1-3-6-15/h1-3,5-8,13,19H,4,9-12,14H2,(H,22,25). The Kier molecular flexibility index (Phi) is 6.97. The van der Waals surface area contributed by atoms with Gasteiger partial charge in [0.05, 0.1) is 28.2 Å². The number of carbonyl (C=O) groups is 1. The predicted molar refractivity (Wildman–Crippen MR) is 107 cm³/mol. The molecule has 3 rings (SSSR count). The average Bonchev–Trinajstić information content (AvgIpc) is 2.72. The topological polar surface area (TPSA) is 84.7 Å². The molecule has 28 heavy (non-hydrogen) atoms. The third-order valence-electron chi connectivity index (χ3n) is 4.67. The van der Waals surface area contributed by atoms with E-state index in [9.17, 15) is 14.9 Å². The maximum Gasteiger partial charge on any atom is 0.270 e. The van der Waals surface area contributed by atoms with Crippen LogP contribution in [0.4, 0.5) is 5.69 Å². The number of hydrogen-bond acceptors (Lipinski definition) is 5. The van der Waals surface area contributed by atoms with Gasteiger partial charge in [-0.25, -0.2) is 0 Å². The second-order valence-corrected chi connectivity index (χ2v) is 7.01. The van der Waals surface area contributed by atoms with Crippen molar-refractivity contribution in [3.8, 4) is 0 Å². The molecule has 2 aromatic carbocycles. The number of hydrogen-bond donors (Lipinski definition) is 1. The zero-order valence-corrected chi connectivity index (χ0v) is 16.1. The van der Waals surface area contributed by atoms with Gasteiger partial charge in [0.2, 0.25) is 0 Å². The van der Waals surface area contributed by atoms with Gasteiger partial charge in [-0.1, -0.05) is 41.9 Å². The Morgan fingerprint density at radius 3 is 2.79 bits per heavy atom. The zero-order valence-electron chi connectivity index (χ0n) is 15.3. The molecular weight excluding hydrogens is 382 g/mol. The first-order valence-electron chi connectivity index (χ1n) is 9.15. The Hall–Kier alpha value is -2.48. The Morgan fingerprint density at radius 1 is 1.29 bits per heavy atom. The number of benzene rings is 2. The van der Waals surface area contributed by atoms with Crippen molar-refractivity contribution in [2.24, 2.45) is 0 Å². The normalized spacial score (nSPS) is 17.2. The van der Waals surface area contributed by atoms with Gasteiger partial charge in [0.15, 0.2) is 0 Å². The fourth-order valence-electron chi connectivity index (χ4n) is 3.18. The second-order valence-electron chi connectivity index (χ2n) is 6.60. The summed E-state index contributed by atoms with van der Waals surface area (Å²) in [5.41, 5.74) is 1.28. The molecule has 1 aliphatic heterocycles. The molecule has 1 atom stereocenters. The van der Waals surface area contributed by atoms with E-state index in [-0.39, 0.29) is 28.3 Å². The van der Waals surface area contributed by atoms with E-state index in [2.05, 4.69) is 22.3 Å². The van der Waals surface area contributed by atoms with E-state index in [1.807, 2.05) is 18.2 Å². The van der Waals surface area contributed by atoms with Crippen molar-refractivity contribution in [2.45, 2.75) is 12.5 Å². The van der Waals surface area contributed by atoms with Crippen molar-refractivity contribution in [1.29, 1.82) is 0 Å². The third-order valence-corrected chi connectivity index (χ3v) is 4.98. The van der Waals surface area contributed by atoms with Crippen molar-refractivity contribution in [3.63, 3.8) is 0 Å². The Balaban J connectivity index is 1.44. The van der Waals surface area contributed by atoms with E-state index in [1.54, 1.807) is 0 Å². The van der Waals surface area contributed by atoms with Gasteiger partial charge in [-0.15, -0.1) is 0 Å². The highest BCUT2D eigenvalue weighted by Gasteiger charge is 2.21. The van der Waals surface area contributed by atoms with Crippen LogP contribution in [0.3, 0.4) is 0 Å². The molecule has 8 heteroatoms. The molecule has 1 fully saturated rings. The molecule has 0 saturated carbocycles. The summed E-state index contributed by atoms with van der Waals surface area (Å²) in [5, 5.41) is 13.6. The Labute approximate surface area is 168 Å². The maximum atomic E-state index is 12.2. The van der Waals surface area contributed by atoms with Gasteiger partial charge >= 0.3 is 0 Å². The van der Waals surface area contributed by atoms with Crippen LogP contribution in [0, 0.1) is 10.1 Å². The average molecular weight is 404 g/mol. The summed E-state index contributed by atoms with van der Waals surface area (Å²) in [6.45, 7) is 3.72. The van der Waals surface area contributed by atoms with Crippen LogP contribution in [0.5, 0.6) is 0 Å². The minimum atomic E-state index is -0.543. The maximum absolute atomic E-state index is 12.2. The van der Waals surface area contributed by atoms with Crippen molar-refractivity contribution in [3.05, 3.63) is 74.8 Å². The largest absolute Gasteiger partial charge is 0.371 e. The quantitative estimate of drug-likeness (QED) is 0.435. The predicted octanol–water partition coefficient (Wildman–Crippen LogP) is 3.44. The molecule has 1 unspecified atom stereocenters. The summed E-state index contributed by atoms with van der Waals surface area (Å²) in [5.74, 6) is -0.330. The summed E-state index contributed by atoms with van der Waals surface area (Å²) >= 11 is 5.99. The van der Waals surface area contributed by atoms with Gasteiger partial charge < -0.3 is 10.1 Å². The lowest BCUT2D eigenvalue weighted by atomic mass is 10.1. The Bertz CT molecular complexity index is 831. The van der Waals surface area contributed by atoms with Crippen molar-refractivity contribution >= 4 is 23.2 Å². The lowest BCUT2D eigenvalue weighted by molar-refractivity contribution is -0.384. The van der Waals surface area contributed by atoms with Crippen LogP contribution in [0.1, 0.15) is 28.4 Å². The van der Waals surface area contributed by atoms with Crippen LogP contribution in [0.15, 0.2) is 48.5 Å². The molecule has 1 N–H and O–H groups in total. The smallest absolute Gasteiger partial charge is 0.270 e. The van der Waals surface area contributed by atoms with Crippen LogP contribution in [-0.2, 0) is 4.74 Å². The molecule has 1 heterocycles.